The molecule has 0 bridgehead atoms. The fourth-order valence-corrected chi connectivity index (χ4v) is 4.17. The Morgan fingerprint density at radius 1 is 0.500 bits per heavy atom. The quantitative estimate of drug-likeness (QED) is 0.224. The zero-order valence-electron chi connectivity index (χ0n) is 25.6. The van der Waals surface area contributed by atoms with Crippen LogP contribution in [-0.2, 0) is 0 Å². The highest BCUT2D eigenvalue weighted by atomic mass is 15.8. The van der Waals surface area contributed by atoms with Crippen molar-refractivity contribution in [2.45, 2.75) is 0 Å². The molecule has 0 aliphatic heterocycles. The smallest absolute Gasteiger partial charge is 0.270 e. The van der Waals surface area contributed by atoms with Crippen LogP contribution >= 0.6 is 0 Å². The Morgan fingerprint density at radius 2 is 0.750 bits per heavy atom. The van der Waals surface area contributed by atoms with Crippen LogP contribution in [0.15, 0.2) is 12.1 Å². The van der Waals surface area contributed by atoms with Crippen LogP contribution in [0.1, 0.15) is 0 Å². The monoisotopic (exact) mass is 508 g/mol. The van der Waals surface area contributed by atoms with Crippen molar-refractivity contribution in [1.82, 2.24) is 29.8 Å². The van der Waals surface area contributed by atoms with Crippen LogP contribution in [0.2, 0.25) is 0 Å². The number of guanidine groups is 2. The number of benzene rings is 1. The predicted molar refractivity (Wildman–Crippen MR) is 155 cm³/mol. The van der Waals surface area contributed by atoms with Crippen LogP contribution in [0, 0.1) is 0 Å². The Kier molecular flexibility index (Phi) is 11.2. The molecule has 12 nitrogen and oxygen atoms in total. The molecule has 2 N–H and O–H groups in total. The van der Waals surface area contributed by atoms with E-state index in [9.17, 15) is 0 Å². The molecule has 0 saturated carbocycles. The van der Waals surface area contributed by atoms with Crippen molar-refractivity contribution in [2.75, 3.05) is 134 Å². The molecule has 0 aliphatic rings. The first kappa shape index (κ1) is 31.2. The van der Waals surface area contributed by atoms with Gasteiger partial charge in [-0.25, -0.2) is 40.9 Å². The van der Waals surface area contributed by atoms with Gasteiger partial charge in [-0.05, 0) is 0 Å². The molecule has 0 aliphatic carbocycles. The minimum absolute atomic E-state index is 0.959. The number of hydrogen-bond donors (Lipinski definition) is 2. The van der Waals surface area contributed by atoms with E-state index in [2.05, 4.69) is 72.0 Å². The Balaban J connectivity index is 4.13. The van der Waals surface area contributed by atoms with Gasteiger partial charge in [0.2, 0.25) is 0 Å². The van der Waals surface area contributed by atoms with Crippen molar-refractivity contribution >= 4 is 34.7 Å². The molecule has 12 heteroatoms. The standard InChI is InChI=1S/C24H50N12/c1-27(2)23(28(3)4)25-19-17-22(36(33(13)14)34(15)16)20(26-24(29(5)6)30(7)8)18-21(19)35(31(9)10)32(11)12/h17-18H,1-16H3/p+2. The molecule has 1 rings (SSSR count). The molecule has 1 aromatic carbocycles. The van der Waals surface area contributed by atoms with Crippen LogP contribution in [0.4, 0.5) is 22.7 Å². The van der Waals surface area contributed by atoms with Gasteiger partial charge in [-0.15, -0.1) is 0 Å². The highest BCUT2D eigenvalue weighted by molar-refractivity contribution is 6.00. The van der Waals surface area contributed by atoms with Crippen LogP contribution in [0.3, 0.4) is 0 Å². The maximum absolute atomic E-state index is 3.69. The largest absolute Gasteiger partial charge is 0.352 e. The average molecular weight is 509 g/mol. The molecule has 0 fully saturated rings. The second-order valence-electron chi connectivity index (χ2n) is 10.3. The zero-order chi connectivity index (χ0) is 28.1. The molecular weight excluding hydrogens is 456 g/mol. The van der Waals surface area contributed by atoms with Crippen molar-refractivity contribution in [3.63, 3.8) is 0 Å². The van der Waals surface area contributed by atoms with Gasteiger partial charge < -0.3 is 0 Å². The molecule has 0 spiro atoms. The highest BCUT2D eigenvalue weighted by Gasteiger charge is 2.29. The van der Waals surface area contributed by atoms with Gasteiger partial charge in [-0.2, -0.15) is 0 Å². The number of rotatable bonds is 8. The Morgan fingerprint density at radius 3 is 0.917 bits per heavy atom. The van der Waals surface area contributed by atoms with E-state index in [4.69, 9.17) is 0 Å². The van der Waals surface area contributed by atoms with E-state index < -0.39 is 0 Å². The van der Waals surface area contributed by atoms with E-state index in [1.807, 2.05) is 113 Å². The van der Waals surface area contributed by atoms with Crippen LogP contribution in [0.5, 0.6) is 0 Å². The van der Waals surface area contributed by atoms with Gasteiger partial charge in [0.15, 0.2) is 0 Å². The first-order chi connectivity index (χ1) is 16.5. The summed E-state index contributed by atoms with van der Waals surface area (Å²) in [5.74, 6) is 1.94. The molecule has 0 atom stereocenters. The molecule has 0 heterocycles. The van der Waals surface area contributed by atoms with Crippen molar-refractivity contribution in [3.05, 3.63) is 12.1 Å². The van der Waals surface area contributed by atoms with Crippen molar-refractivity contribution in [2.24, 2.45) is 0 Å². The fraction of sp³-hybridized carbons (Fsp3) is 0.667. The van der Waals surface area contributed by atoms with Crippen LogP contribution in [-0.4, -0.2) is 164 Å². The van der Waals surface area contributed by atoms with E-state index in [0.29, 0.717) is 0 Å². The minimum atomic E-state index is 0.959. The summed E-state index contributed by atoms with van der Waals surface area (Å²) in [6, 6.07) is 4.38. The van der Waals surface area contributed by atoms with Gasteiger partial charge in [-0.3, -0.25) is 19.0 Å². The SMILES string of the molecule is CN(C)C(Nc1cc(N(N(C)C)N(C)C)c(NC(N(C)C)=[N+](C)C)cc1N(N(C)C)N(C)C)=[N+](C)C. The summed E-state index contributed by atoms with van der Waals surface area (Å²) in [7, 11) is 32.6. The first-order valence-electron chi connectivity index (χ1n) is 12.0. The molecule has 0 saturated heterocycles. The highest BCUT2D eigenvalue weighted by Crippen LogP contribution is 2.39. The Bertz CT molecular complexity index is 832. The van der Waals surface area contributed by atoms with Gasteiger partial charge in [0, 0.05) is 68.5 Å². The lowest BCUT2D eigenvalue weighted by molar-refractivity contribution is -0.469. The first-order valence-corrected chi connectivity index (χ1v) is 12.0. The number of nitrogens with zero attached hydrogens (tertiary/aromatic N) is 10. The van der Waals surface area contributed by atoms with Crippen molar-refractivity contribution < 1.29 is 9.15 Å². The average Bonchev–Trinajstić information content (AvgIpc) is 2.69. The van der Waals surface area contributed by atoms with E-state index in [-0.39, 0.29) is 0 Å². The lowest BCUT2D eigenvalue weighted by atomic mass is 10.2. The zero-order valence-corrected chi connectivity index (χ0v) is 25.6. The molecule has 1 aromatic rings. The van der Waals surface area contributed by atoms with Crippen LogP contribution in [0.25, 0.3) is 0 Å². The Hall–Kier alpha value is -2.80. The summed E-state index contributed by atoms with van der Waals surface area (Å²) in [4.78, 5) is 4.15. The predicted octanol–water partition coefficient (Wildman–Crippen LogP) is 0.409. The molecular formula is C24H52N12+2. The van der Waals surface area contributed by atoms with Gasteiger partial charge in [0.05, 0.1) is 56.4 Å². The van der Waals surface area contributed by atoms with Gasteiger partial charge >= 0.3 is 11.9 Å². The summed E-state index contributed by atoms with van der Waals surface area (Å²) in [5, 5.41) is 19.9. The summed E-state index contributed by atoms with van der Waals surface area (Å²) in [6.45, 7) is 0. The summed E-state index contributed by atoms with van der Waals surface area (Å²) < 4.78 is 4.15. The topological polar surface area (TPSA) is 56.0 Å². The van der Waals surface area contributed by atoms with Crippen molar-refractivity contribution in [1.29, 1.82) is 0 Å². The molecule has 36 heavy (non-hydrogen) atoms. The summed E-state index contributed by atoms with van der Waals surface area (Å²) in [6.07, 6.45) is 0. The normalized spacial score (nSPS) is 11.2. The lowest BCUT2D eigenvalue weighted by Crippen LogP contribution is -2.49. The molecule has 0 radical (unpaired) electrons. The number of hydrazine groups is 4. The Labute approximate surface area is 219 Å². The minimum Gasteiger partial charge on any atom is -0.270 e. The van der Waals surface area contributed by atoms with Crippen LogP contribution < -0.4 is 20.9 Å². The third-order valence-corrected chi connectivity index (χ3v) is 5.25. The number of nitrogens with one attached hydrogen (secondary N) is 2. The van der Waals surface area contributed by atoms with Gasteiger partial charge in [0.1, 0.15) is 22.7 Å². The fourth-order valence-electron chi connectivity index (χ4n) is 4.17. The lowest BCUT2D eigenvalue weighted by Gasteiger charge is -2.39. The molecule has 0 amide bonds. The molecule has 206 valence electrons. The van der Waals surface area contributed by atoms with E-state index in [1.54, 1.807) is 0 Å². The number of anilines is 4. The van der Waals surface area contributed by atoms with Gasteiger partial charge in [-0.1, -0.05) is 0 Å². The van der Waals surface area contributed by atoms with E-state index in [0.717, 1.165) is 34.7 Å². The van der Waals surface area contributed by atoms with Gasteiger partial charge in [0.25, 0.3) is 0 Å². The third kappa shape index (κ3) is 7.60. The molecule has 0 unspecified atom stereocenters. The third-order valence-electron chi connectivity index (χ3n) is 5.25. The molecule has 0 aromatic heterocycles. The number of hydrogen-bond acceptors (Lipinski definition) is 6. The van der Waals surface area contributed by atoms with E-state index in [1.165, 1.54) is 0 Å². The maximum atomic E-state index is 3.69. The van der Waals surface area contributed by atoms with Crippen molar-refractivity contribution in [3.8, 4) is 0 Å². The second kappa shape index (κ2) is 12.9. The van der Waals surface area contributed by atoms with E-state index >= 15 is 0 Å². The summed E-state index contributed by atoms with van der Waals surface area (Å²) >= 11 is 0. The second-order valence-corrected chi connectivity index (χ2v) is 10.3. The summed E-state index contributed by atoms with van der Waals surface area (Å²) in [5.41, 5.74) is 3.90. The maximum Gasteiger partial charge on any atom is 0.352 e.